The first-order chi connectivity index (χ1) is 9.56. The molecule has 0 saturated carbocycles. The molecular formula is C15H15ClN2O2. The van der Waals surface area contributed by atoms with E-state index in [1.807, 2.05) is 6.07 Å². The van der Waals surface area contributed by atoms with Crippen molar-refractivity contribution in [1.82, 2.24) is 5.32 Å². The van der Waals surface area contributed by atoms with Crippen LogP contribution < -0.4 is 11.1 Å². The van der Waals surface area contributed by atoms with Gasteiger partial charge in [0.25, 0.3) is 0 Å². The molecule has 0 heterocycles. The van der Waals surface area contributed by atoms with Crippen LogP contribution in [0.2, 0.25) is 5.02 Å². The minimum Gasteiger partial charge on any atom is -0.506 e. The summed E-state index contributed by atoms with van der Waals surface area (Å²) in [6.45, 7) is 1.22. The molecule has 0 aliphatic carbocycles. The molecule has 1 amide bonds. The van der Waals surface area contributed by atoms with Crippen LogP contribution in [0.15, 0.2) is 42.5 Å². The molecule has 0 radical (unpaired) electrons. The fraction of sp³-hybridized carbons (Fsp3) is 0.133. The zero-order chi connectivity index (χ0) is 14.5. The number of phenolic OH excluding ortho intramolecular Hbond substituents is 1. The van der Waals surface area contributed by atoms with E-state index in [0.29, 0.717) is 23.7 Å². The first-order valence-electron chi connectivity index (χ1n) is 6.13. The minimum atomic E-state index is -0.433. The van der Waals surface area contributed by atoms with Gasteiger partial charge in [-0.3, -0.25) is 4.79 Å². The normalized spacial score (nSPS) is 10.4. The summed E-state index contributed by atoms with van der Waals surface area (Å²) >= 11 is 5.84. The van der Waals surface area contributed by atoms with Crippen molar-refractivity contribution in [2.75, 3.05) is 0 Å². The van der Waals surface area contributed by atoms with Crippen LogP contribution in [0.3, 0.4) is 0 Å². The zero-order valence-electron chi connectivity index (χ0n) is 10.8. The molecule has 0 aromatic heterocycles. The van der Waals surface area contributed by atoms with E-state index in [-0.39, 0.29) is 5.75 Å². The maximum absolute atomic E-state index is 11.1. The fourth-order valence-electron chi connectivity index (χ4n) is 1.85. The lowest BCUT2D eigenvalue weighted by molar-refractivity contribution is 0.1000. The Morgan fingerprint density at radius 1 is 1.15 bits per heavy atom. The molecule has 0 saturated heterocycles. The lowest BCUT2D eigenvalue weighted by Crippen LogP contribution is -2.14. The molecule has 0 fully saturated rings. The largest absolute Gasteiger partial charge is 0.506 e. The van der Waals surface area contributed by atoms with Gasteiger partial charge in [-0.1, -0.05) is 29.8 Å². The SMILES string of the molecule is NC(=O)c1cccc(CNCc2ccc(O)c(Cl)c2)c1. The van der Waals surface area contributed by atoms with Gasteiger partial charge in [-0.15, -0.1) is 0 Å². The van der Waals surface area contributed by atoms with Gasteiger partial charge in [0.2, 0.25) is 5.91 Å². The van der Waals surface area contributed by atoms with Crippen LogP contribution in [-0.2, 0) is 13.1 Å². The summed E-state index contributed by atoms with van der Waals surface area (Å²) in [7, 11) is 0. The van der Waals surface area contributed by atoms with Gasteiger partial charge in [0.15, 0.2) is 0 Å². The number of rotatable bonds is 5. The molecule has 104 valence electrons. The predicted molar refractivity (Wildman–Crippen MR) is 78.6 cm³/mol. The first-order valence-corrected chi connectivity index (χ1v) is 6.51. The second-order valence-corrected chi connectivity index (χ2v) is 4.86. The van der Waals surface area contributed by atoms with Crippen LogP contribution in [-0.4, -0.2) is 11.0 Å². The summed E-state index contributed by atoms with van der Waals surface area (Å²) in [6.07, 6.45) is 0. The first kappa shape index (κ1) is 14.4. The monoisotopic (exact) mass is 290 g/mol. The maximum atomic E-state index is 11.1. The van der Waals surface area contributed by atoms with E-state index in [4.69, 9.17) is 17.3 Å². The van der Waals surface area contributed by atoms with Crippen molar-refractivity contribution in [3.63, 3.8) is 0 Å². The number of hydrogen-bond donors (Lipinski definition) is 3. The topological polar surface area (TPSA) is 75.4 Å². The van der Waals surface area contributed by atoms with E-state index in [1.165, 1.54) is 0 Å². The third-order valence-electron chi connectivity index (χ3n) is 2.88. The van der Waals surface area contributed by atoms with E-state index in [0.717, 1.165) is 11.1 Å². The number of nitrogens with one attached hydrogen (secondary N) is 1. The van der Waals surface area contributed by atoms with Gasteiger partial charge in [-0.05, 0) is 35.4 Å². The number of aromatic hydroxyl groups is 1. The van der Waals surface area contributed by atoms with Crippen molar-refractivity contribution in [2.24, 2.45) is 5.73 Å². The van der Waals surface area contributed by atoms with E-state index < -0.39 is 5.91 Å². The Morgan fingerprint density at radius 3 is 2.50 bits per heavy atom. The lowest BCUT2D eigenvalue weighted by atomic mass is 10.1. The second kappa shape index (κ2) is 6.41. The van der Waals surface area contributed by atoms with Crippen molar-refractivity contribution in [2.45, 2.75) is 13.1 Å². The highest BCUT2D eigenvalue weighted by Crippen LogP contribution is 2.23. The molecule has 0 atom stereocenters. The molecule has 0 bridgehead atoms. The second-order valence-electron chi connectivity index (χ2n) is 4.45. The number of hydrogen-bond acceptors (Lipinski definition) is 3. The van der Waals surface area contributed by atoms with Crippen LogP contribution in [0.5, 0.6) is 5.75 Å². The van der Waals surface area contributed by atoms with Gasteiger partial charge in [0.1, 0.15) is 5.75 Å². The Hall–Kier alpha value is -2.04. The standard InChI is InChI=1S/C15H15ClN2O2/c16-13-7-11(4-5-14(13)19)9-18-8-10-2-1-3-12(6-10)15(17)20/h1-7,18-19H,8-9H2,(H2,17,20). The molecule has 0 aliphatic rings. The number of nitrogens with two attached hydrogens (primary N) is 1. The highest BCUT2D eigenvalue weighted by atomic mass is 35.5. The van der Waals surface area contributed by atoms with Gasteiger partial charge in [0.05, 0.1) is 5.02 Å². The zero-order valence-corrected chi connectivity index (χ0v) is 11.5. The van der Waals surface area contributed by atoms with Crippen LogP contribution in [0.1, 0.15) is 21.5 Å². The van der Waals surface area contributed by atoms with E-state index >= 15 is 0 Å². The van der Waals surface area contributed by atoms with Crippen molar-refractivity contribution in [3.05, 3.63) is 64.2 Å². The van der Waals surface area contributed by atoms with Crippen LogP contribution in [0.4, 0.5) is 0 Å². The van der Waals surface area contributed by atoms with E-state index in [2.05, 4.69) is 5.32 Å². The Kier molecular flexibility index (Phi) is 4.61. The minimum absolute atomic E-state index is 0.0737. The number of carbonyl (C=O) groups is 1. The fourth-order valence-corrected chi connectivity index (χ4v) is 2.05. The van der Waals surface area contributed by atoms with Crippen molar-refractivity contribution >= 4 is 17.5 Å². The number of halogens is 1. The number of amides is 1. The van der Waals surface area contributed by atoms with Gasteiger partial charge < -0.3 is 16.2 Å². The summed E-state index contributed by atoms with van der Waals surface area (Å²) in [4.78, 5) is 11.1. The van der Waals surface area contributed by atoms with Crippen LogP contribution >= 0.6 is 11.6 Å². The molecule has 4 nitrogen and oxygen atoms in total. The average molecular weight is 291 g/mol. The van der Waals surface area contributed by atoms with Crippen molar-refractivity contribution < 1.29 is 9.90 Å². The average Bonchev–Trinajstić information content (AvgIpc) is 2.43. The molecule has 0 unspecified atom stereocenters. The van der Waals surface area contributed by atoms with E-state index in [9.17, 15) is 9.90 Å². The predicted octanol–water partition coefficient (Wildman–Crippen LogP) is 2.43. The third kappa shape index (κ3) is 3.73. The number of carbonyl (C=O) groups excluding carboxylic acids is 1. The molecule has 5 heteroatoms. The summed E-state index contributed by atoms with van der Waals surface area (Å²) in [6, 6.07) is 12.2. The van der Waals surface area contributed by atoms with Crippen molar-refractivity contribution in [3.8, 4) is 5.75 Å². The van der Waals surface area contributed by atoms with Gasteiger partial charge >= 0.3 is 0 Å². The number of benzene rings is 2. The molecule has 4 N–H and O–H groups in total. The molecule has 0 spiro atoms. The maximum Gasteiger partial charge on any atom is 0.248 e. The van der Waals surface area contributed by atoms with Crippen LogP contribution in [0, 0.1) is 0 Å². The molecule has 2 rings (SSSR count). The quantitative estimate of drug-likeness (QED) is 0.792. The smallest absolute Gasteiger partial charge is 0.248 e. The highest BCUT2D eigenvalue weighted by molar-refractivity contribution is 6.32. The Balaban J connectivity index is 1.94. The van der Waals surface area contributed by atoms with Gasteiger partial charge in [-0.25, -0.2) is 0 Å². The summed E-state index contributed by atoms with van der Waals surface area (Å²) < 4.78 is 0. The number of phenols is 1. The van der Waals surface area contributed by atoms with E-state index in [1.54, 1.807) is 36.4 Å². The molecule has 2 aromatic carbocycles. The Morgan fingerprint density at radius 2 is 1.85 bits per heavy atom. The molecule has 20 heavy (non-hydrogen) atoms. The number of primary amides is 1. The van der Waals surface area contributed by atoms with Gasteiger partial charge in [-0.2, -0.15) is 0 Å². The lowest BCUT2D eigenvalue weighted by Gasteiger charge is -2.07. The highest BCUT2D eigenvalue weighted by Gasteiger charge is 2.02. The van der Waals surface area contributed by atoms with Crippen molar-refractivity contribution in [1.29, 1.82) is 0 Å². The molecule has 0 aliphatic heterocycles. The third-order valence-corrected chi connectivity index (χ3v) is 3.18. The molecular weight excluding hydrogens is 276 g/mol. The van der Waals surface area contributed by atoms with Crippen LogP contribution in [0.25, 0.3) is 0 Å². The Labute approximate surface area is 122 Å². The van der Waals surface area contributed by atoms with Gasteiger partial charge in [0, 0.05) is 18.7 Å². The summed E-state index contributed by atoms with van der Waals surface area (Å²) in [5, 5.41) is 12.9. The Bertz CT molecular complexity index is 629. The summed E-state index contributed by atoms with van der Waals surface area (Å²) in [5.41, 5.74) is 7.68. The summed E-state index contributed by atoms with van der Waals surface area (Å²) in [5.74, 6) is -0.359. The molecule has 2 aromatic rings.